The molecule has 5 heavy (non-hydrogen) atoms. The Morgan fingerprint density at radius 1 is 2.80 bits per heavy atom. The summed E-state index contributed by atoms with van der Waals surface area (Å²) in [6, 6.07) is 0. The molecule has 0 fully saturated rings. The van der Waals surface area contributed by atoms with Crippen molar-refractivity contribution in [3.8, 4) is 0 Å². The van der Waals surface area contributed by atoms with Crippen molar-refractivity contribution in [3.05, 3.63) is 0 Å². The van der Waals surface area contributed by atoms with Gasteiger partial charge in [-0.2, -0.15) is 0 Å². The SMILES string of the molecule is CC(=O)O.[2H][B][3H]. The van der Waals surface area contributed by atoms with E-state index in [-0.39, 0.29) is 0 Å². The van der Waals surface area contributed by atoms with Gasteiger partial charge in [-0.25, -0.2) is 0 Å². The molecular formula is C2H6BO2. The minimum atomic E-state index is -0.833. The van der Waals surface area contributed by atoms with Gasteiger partial charge in [0.05, 0.1) is 8.34 Å². The smallest absolute Gasteiger partial charge is 0.300 e. The predicted octanol–water partition coefficient (Wildman–Crippen LogP) is -0.825. The predicted molar refractivity (Wildman–Crippen MR) is 21.9 cm³/mol. The lowest BCUT2D eigenvalue weighted by Gasteiger charge is -1.59. The van der Waals surface area contributed by atoms with Gasteiger partial charge in [-0.3, -0.25) is 4.79 Å². The molecular weight excluding hydrogens is 66.8 g/mol. The second-order valence-electron chi connectivity index (χ2n) is 0.519. The summed E-state index contributed by atoms with van der Waals surface area (Å²) in [6.45, 7) is 1.08. The topological polar surface area (TPSA) is 37.3 Å². The minimum absolute atomic E-state index is 0.500. The highest BCUT2D eigenvalue weighted by Crippen LogP contribution is 1.42. The van der Waals surface area contributed by atoms with Crippen LogP contribution < -0.4 is 0 Å². The first-order chi connectivity index (χ1) is 3.15. The Balaban J connectivity index is 0. The van der Waals surface area contributed by atoms with Crippen molar-refractivity contribution in [1.29, 1.82) is 2.67 Å². The van der Waals surface area contributed by atoms with Gasteiger partial charge in [0.25, 0.3) is 5.97 Å². The van der Waals surface area contributed by atoms with E-state index in [1.54, 1.807) is 0 Å². The lowest BCUT2D eigenvalue weighted by molar-refractivity contribution is -0.134. The second kappa shape index (κ2) is 3.53. The number of rotatable bonds is 0. The summed E-state index contributed by atoms with van der Waals surface area (Å²) in [5, 5.41) is 7.42. The van der Waals surface area contributed by atoms with Crippen LogP contribution in [0.15, 0.2) is 0 Å². The van der Waals surface area contributed by atoms with Crippen molar-refractivity contribution >= 4 is 14.3 Å². The molecule has 1 N–H and O–H groups in total. The standard InChI is InChI=1S/C2H4O2.BH2/c1-2(3)4;/h1H3,(H,3,4);1H2/i;1TD. The molecule has 0 aromatic heterocycles. The van der Waals surface area contributed by atoms with E-state index >= 15 is 0 Å². The van der Waals surface area contributed by atoms with Crippen LogP contribution in [0.5, 0.6) is 0 Å². The van der Waals surface area contributed by atoms with Crippen molar-refractivity contribution in [2.45, 2.75) is 6.92 Å². The Morgan fingerprint density at radius 3 is 2.80 bits per heavy atom. The molecule has 3 heteroatoms. The molecule has 0 saturated carbocycles. The molecule has 0 aliphatic rings. The van der Waals surface area contributed by atoms with E-state index < -0.39 is 5.97 Å². The van der Waals surface area contributed by atoms with Crippen LogP contribution in [0.25, 0.3) is 0 Å². The molecule has 0 atom stereocenters. The molecule has 2 nitrogen and oxygen atoms in total. The van der Waals surface area contributed by atoms with Crippen molar-refractivity contribution in [2.24, 2.45) is 0 Å². The molecule has 0 heterocycles. The Bertz CT molecular complexity index is 45.0. The summed E-state index contributed by atoms with van der Waals surface area (Å²) in [5.41, 5.74) is 0. The average Bonchev–Trinajstić information content (AvgIpc) is 1.33. The van der Waals surface area contributed by atoms with Crippen LogP contribution in [-0.4, -0.2) is 22.1 Å². The van der Waals surface area contributed by atoms with Gasteiger partial charge in [0, 0.05) is 6.92 Å². The van der Waals surface area contributed by atoms with E-state index in [1.807, 2.05) is 0 Å². The van der Waals surface area contributed by atoms with E-state index in [9.17, 15) is 0 Å². The van der Waals surface area contributed by atoms with Gasteiger partial charge < -0.3 is 5.11 Å². The summed E-state index contributed by atoms with van der Waals surface area (Å²) in [7, 11) is 0.500. The number of carboxylic acid groups (broad SMARTS) is 1. The minimum Gasteiger partial charge on any atom is -0.481 e. The van der Waals surface area contributed by atoms with Gasteiger partial charge in [0.1, 0.15) is 0 Å². The monoisotopic (exact) mass is 76.1 g/mol. The Labute approximate surface area is 35.1 Å². The molecule has 0 aromatic carbocycles. The summed E-state index contributed by atoms with van der Waals surface area (Å²) in [4.78, 5) is 9.00. The van der Waals surface area contributed by atoms with E-state index in [1.165, 1.54) is 0 Å². The van der Waals surface area contributed by atoms with Gasteiger partial charge in [-0.1, -0.05) is 0 Å². The van der Waals surface area contributed by atoms with Crippen LogP contribution in [0.1, 0.15) is 6.92 Å². The molecule has 0 saturated heterocycles. The number of hydrogen-bond donors (Lipinski definition) is 1. The fraction of sp³-hybridized carbons (Fsp3) is 0.500. The molecule has 29 valence electrons. The van der Waals surface area contributed by atoms with Crippen molar-refractivity contribution in [2.75, 3.05) is 0 Å². The summed E-state index contributed by atoms with van der Waals surface area (Å²) >= 11 is 0. The van der Waals surface area contributed by atoms with Crippen LogP contribution in [0.4, 0.5) is 0 Å². The first kappa shape index (κ1) is 2.76. The highest BCUT2D eigenvalue weighted by atomic mass is 16.4. The van der Waals surface area contributed by atoms with Gasteiger partial charge in [-0.15, -0.1) is 0 Å². The normalized spacial score (nSPS) is 8.20. The Hall–Kier alpha value is -0.465. The summed E-state index contributed by atoms with van der Waals surface area (Å²) in [5.74, 6) is -0.833. The first-order valence-electron chi connectivity index (χ1n) is 2.08. The largest absolute Gasteiger partial charge is 0.481 e. The molecule has 0 aliphatic heterocycles. The fourth-order valence-corrected chi connectivity index (χ4v) is 0. The number of carbonyl (C=O) groups is 1. The molecule has 0 rings (SSSR count). The lowest BCUT2D eigenvalue weighted by atomic mass is 10.8. The van der Waals surface area contributed by atoms with Gasteiger partial charge in [0.2, 0.25) is 0 Å². The fourth-order valence-electron chi connectivity index (χ4n) is 0. The Morgan fingerprint density at radius 2 is 2.80 bits per heavy atom. The zero-order valence-corrected chi connectivity index (χ0v) is 2.93. The van der Waals surface area contributed by atoms with Crippen LogP contribution in [0.3, 0.4) is 0 Å². The van der Waals surface area contributed by atoms with Crippen molar-refractivity contribution in [3.63, 3.8) is 0 Å². The molecule has 0 spiro atoms. The van der Waals surface area contributed by atoms with Gasteiger partial charge >= 0.3 is 0 Å². The van der Waals surface area contributed by atoms with E-state index in [2.05, 4.69) is 0 Å². The molecule has 0 bridgehead atoms. The average molecular weight is 75.9 g/mol. The third kappa shape index (κ3) is 38.5. The molecule has 0 unspecified atom stereocenters. The van der Waals surface area contributed by atoms with Crippen LogP contribution in [0.2, 0.25) is 0 Å². The van der Waals surface area contributed by atoms with E-state index in [4.69, 9.17) is 12.6 Å². The number of hydrogen-bond acceptors (Lipinski definition) is 1. The maximum absolute atomic E-state index is 9.00. The second-order valence-corrected chi connectivity index (χ2v) is 0.519. The molecule has 0 amide bonds. The van der Waals surface area contributed by atoms with Crippen molar-refractivity contribution < 1.29 is 9.90 Å². The lowest BCUT2D eigenvalue weighted by Crippen LogP contribution is -1.78. The van der Waals surface area contributed by atoms with E-state index in [0.717, 1.165) is 6.92 Å². The van der Waals surface area contributed by atoms with Gasteiger partial charge in [-0.05, 0) is 2.67 Å². The Kier molecular flexibility index (Phi) is 1.95. The molecule has 0 aromatic rings. The molecule has 1 radical (unpaired) electrons. The third-order valence-electron chi connectivity index (χ3n) is 0. The zero-order valence-electron chi connectivity index (χ0n) is 4.93. The number of aliphatic carboxylic acids is 1. The maximum Gasteiger partial charge on any atom is 0.300 e. The third-order valence-corrected chi connectivity index (χ3v) is 0. The van der Waals surface area contributed by atoms with Gasteiger partial charge in [0.15, 0.2) is 0 Å². The van der Waals surface area contributed by atoms with Crippen LogP contribution >= 0.6 is 0 Å². The number of carboxylic acids is 1. The summed E-state index contributed by atoms with van der Waals surface area (Å²) in [6.07, 6.45) is 0. The van der Waals surface area contributed by atoms with E-state index in [0.29, 0.717) is 8.34 Å². The molecule has 0 aliphatic carbocycles. The highest BCUT2D eigenvalue weighted by molar-refractivity contribution is 5.75. The van der Waals surface area contributed by atoms with Crippen molar-refractivity contribution in [1.82, 2.24) is 0 Å². The maximum atomic E-state index is 9.00. The zero-order chi connectivity index (χ0) is 6.28. The summed E-state index contributed by atoms with van der Waals surface area (Å²) < 4.78 is 11.5. The first-order valence-corrected chi connectivity index (χ1v) is 0.928. The van der Waals surface area contributed by atoms with Crippen LogP contribution in [-0.2, 0) is 4.79 Å². The van der Waals surface area contributed by atoms with Crippen LogP contribution in [0, 0.1) is 0 Å². The highest BCUT2D eigenvalue weighted by Gasteiger charge is 1.65. The quantitative estimate of drug-likeness (QED) is 0.382.